The number of ether oxygens (including phenoxy) is 1. The molecule has 0 fully saturated rings. The molecule has 0 aliphatic heterocycles. The number of aromatic hydroxyl groups is 1. The SMILES string of the molecule is Cc1cc(-c2nc(-c3[c-]c(Oc4ccccn4)cc(C(C)(C)C)c3)nc(-c3ccccc3O)n2)cc(C)n1.[Pt]. The first-order valence-corrected chi connectivity index (χ1v) is 12.3. The number of phenols is 1. The number of aromatic nitrogens is 5. The molecule has 0 bridgehead atoms. The second-order valence-electron chi connectivity index (χ2n) is 10.1. The second kappa shape index (κ2) is 11.4. The standard InChI is InChI=1S/C31H28N5O2.Pt/c1-19-14-21(15-20(2)33-19)28-34-29(36-30(35-28)25-10-6-7-11-26(25)37)22-16-23(31(3,4)5)18-24(17-22)38-27-12-8-9-13-32-27;/h6-16,18,37H,1-5H3;/q-1;. The van der Waals surface area contributed by atoms with Crippen molar-refractivity contribution < 1.29 is 30.9 Å². The van der Waals surface area contributed by atoms with Gasteiger partial charge in [-0.3, -0.25) is 15.0 Å². The van der Waals surface area contributed by atoms with Crippen molar-refractivity contribution in [3.8, 4) is 51.5 Å². The van der Waals surface area contributed by atoms with Gasteiger partial charge in [-0.25, -0.2) is 9.97 Å². The predicted octanol–water partition coefficient (Wildman–Crippen LogP) is 6.87. The topological polar surface area (TPSA) is 93.9 Å². The molecule has 0 saturated heterocycles. The Kier molecular flexibility index (Phi) is 8.22. The Hall–Kier alpha value is -3.96. The molecule has 0 saturated carbocycles. The van der Waals surface area contributed by atoms with E-state index in [1.54, 1.807) is 30.5 Å². The monoisotopic (exact) mass is 697 g/mol. The quantitative estimate of drug-likeness (QED) is 0.201. The van der Waals surface area contributed by atoms with Crippen LogP contribution in [0.25, 0.3) is 34.2 Å². The molecule has 8 heteroatoms. The van der Waals surface area contributed by atoms with Crippen LogP contribution in [0.3, 0.4) is 0 Å². The maximum Gasteiger partial charge on any atom is 0.217 e. The fourth-order valence-electron chi connectivity index (χ4n) is 4.04. The number of rotatable bonds is 5. The van der Waals surface area contributed by atoms with Gasteiger partial charge in [0.15, 0.2) is 11.6 Å². The number of phenolic OH excluding ortho intramolecular Hbond substituents is 1. The summed E-state index contributed by atoms with van der Waals surface area (Å²) in [5.41, 5.74) is 4.54. The van der Waals surface area contributed by atoms with Crippen LogP contribution >= 0.6 is 0 Å². The summed E-state index contributed by atoms with van der Waals surface area (Å²) in [5, 5.41) is 10.6. The number of pyridine rings is 2. The number of para-hydroxylation sites is 1. The first kappa shape index (κ1) is 28.1. The van der Waals surface area contributed by atoms with Crippen molar-refractivity contribution in [2.75, 3.05) is 0 Å². The maximum absolute atomic E-state index is 10.6. The van der Waals surface area contributed by atoms with Gasteiger partial charge in [0.05, 0.1) is 11.4 Å². The van der Waals surface area contributed by atoms with Crippen LogP contribution in [0.2, 0.25) is 0 Å². The van der Waals surface area contributed by atoms with Crippen molar-refractivity contribution in [2.24, 2.45) is 0 Å². The number of hydrogen-bond donors (Lipinski definition) is 1. The molecule has 0 unspecified atom stereocenters. The van der Waals surface area contributed by atoms with E-state index in [2.05, 4.69) is 36.8 Å². The van der Waals surface area contributed by atoms with E-state index < -0.39 is 0 Å². The Bertz CT molecular complexity index is 1600. The van der Waals surface area contributed by atoms with Crippen LogP contribution in [0.1, 0.15) is 37.7 Å². The van der Waals surface area contributed by atoms with E-state index in [-0.39, 0.29) is 32.2 Å². The van der Waals surface area contributed by atoms with Gasteiger partial charge in [-0.2, -0.15) is 0 Å². The van der Waals surface area contributed by atoms with Gasteiger partial charge in [-0.15, -0.1) is 17.2 Å². The van der Waals surface area contributed by atoms with Crippen LogP contribution in [0.4, 0.5) is 0 Å². The van der Waals surface area contributed by atoms with E-state index in [4.69, 9.17) is 19.7 Å². The Balaban J connectivity index is 0.00000353. The molecule has 5 rings (SSSR count). The zero-order valence-electron chi connectivity index (χ0n) is 22.3. The smallest absolute Gasteiger partial charge is 0.217 e. The van der Waals surface area contributed by atoms with Crippen molar-refractivity contribution in [1.82, 2.24) is 24.9 Å². The number of benzene rings is 2. The first-order chi connectivity index (χ1) is 18.2. The number of nitrogens with zero attached hydrogens (tertiary/aromatic N) is 5. The number of hydrogen-bond acceptors (Lipinski definition) is 7. The van der Waals surface area contributed by atoms with Crippen molar-refractivity contribution in [3.05, 3.63) is 95.9 Å². The van der Waals surface area contributed by atoms with Gasteiger partial charge in [0.2, 0.25) is 5.88 Å². The van der Waals surface area contributed by atoms with Crippen molar-refractivity contribution >= 4 is 0 Å². The van der Waals surface area contributed by atoms with Gasteiger partial charge in [0.25, 0.3) is 0 Å². The van der Waals surface area contributed by atoms with Gasteiger partial charge >= 0.3 is 0 Å². The molecule has 5 aromatic rings. The molecule has 1 N–H and O–H groups in total. The molecular formula is C31H28N5O2Pt-. The molecule has 0 amide bonds. The Morgan fingerprint density at radius 2 is 1.44 bits per heavy atom. The van der Waals surface area contributed by atoms with E-state index in [1.807, 2.05) is 56.3 Å². The third-order valence-electron chi connectivity index (χ3n) is 5.92. The summed E-state index contributed by atoms with van der Waals surface area (Å²) in [4.78, 5) is 23.1. The average molecular weight is 698 g/mol. The first-order valence-electron chi connectivity index (χ1n) is 12.3. The van der Waals surface area contributed by atoms with E-state index in [1.165, 1.54) is 0 Å². The van der Waals surface area contributed by atoms with E-state index in [0.29, 0.717) is 40.2 Å². The molecule has 3 aromatic heterocycles. The predicted molar refractivity (Wildman–Crippen MR) is 147 cm³/mol. The van der Waals surface area contributed by atoms with Crippen LogP contribution in [0.15, 0.2) is 72.9 Å². The van der Waals surface area contributed by atoms with Crippen molar-refractivity contribution in [1.29, 1.82) is 0 Å². The molecule has 0 spiro atoms. The van der Waals surface area contributed by atoms with Gasteiger partial charge in [-0.05, 0) is 49.6 Å². The minimum Gasteiger partial charge on any atom is -0.507 e. The van der Waals surface area contributed by atoms with Crippen LogP contribution in [0, 0.1) is 19.9 Å². The molecule has 3 heterocycles. The summed E-state index contributed by atoms with van der Waals surface area (Å²) in [6, 6.07) is 23.7. The number of aryl methyl sites for hydroxylation is 2. The fourth-order valence-corrected chi connectivity index (χ4v) is 4.04. The summed E-state index contributed by atoms with van der Waals surface area (Å²) < 4.78 is 6.07. The van der Waals surface area contributed by atoms with Crippen LogP contribution in [-0.4, -0.2) is 30.0 Å². The summed E-state index contributed by atoms with van der Waals surface area (Å²) in [6.45, 7) is 10.3. The second-order valence-corrected chi connectivity index (χ2v) is 10.1. The van der Waals surface area contributed by atoms with Gasteiger partial charge in [0, 0.05) is 56.0 Å². The Morgan fingerprint density at radius 1 is 0.769 bits per heavy atom. The largest absolute Gasteiger partial charge is 0.507 e. The Morgan fingerprint density at radius 3 is 2.10 bits per heavy atom. The summed E-state index contributed by atoms with van der Waals surface area (Å²) in [7, 11) is 0. The summed E-state index contributed by atoms with van der Waals surface area (Å²) in [6.07, 6.45) is 1.68. The van der Waals surface area contributed by atoms with Crippen LogP contribution in [0.5, 0.6) is 17.4 Å². The van der Waals surface area contributed by atoms with Gasteiger partial charge in [-0.1, -0.05) is 51.1 Å². The maximum atomic E-state index is 10.6. The van der Waals surface area contributed by atoms with Crippen molar-refractivity contribution in [2.45, 2.75) is 40.0 Å². The zero-order valence-corrected chi connectivity index (χ0v) is 24.6. The van der Waals surface area contributed by atoms with E-state index in [0.717, 1.165) is 22.5 Å². The molecule has 200 valence electrons. The Labute approximate surface area is 242 Å². The molecule has 7 nitrogen and oxygen atoms in total. The third kappa shape index (κ3) is 6.55. The molecule has 0 aliphatic carbocycles. The molecule has 0 atom stereocenters. The van der Waals surface area contributed by atoms with Crippen LogP contribution < -0.4 is 4.74 Å². The summed E-state index contributed by atoms with van der Waals surface area (Å²) in [5.74, 6) is 2.31. The third-order valence-corrected chi connectivity index (χ3v) is 5.92. The van der Waals surface area contributed by atoms with E-state index in [9.17, 15) is 5.11 Å². The normalized spacial score (nSPS) is 11.1. The zero-order chi connectivity index (χ0) is 26.9. The molecule has 39 heavy (non-hydrogen) atoms. The summed E-state index contributed by atoms with van der Waals surface area (Å²) >= 11 is 0. The average Bonchev–Trinajstić information content (AvgIpc) is 2.88. The van der Waals surface area contributed by atoms with E-state index >= 15 is 0 Å². The van der Waals surface area contributed by atoms with Gasteiger partial charge in [0.1, 0.15) is 5.75 Å². The van der Waals surface area contributed by atoms with Gasteiger partial charge < -0.3 is 9.84 Å². The molecule has 0 radical (unpaired) electrons. The minimum atomic E-state index is -0.179. The van der Waals surface area contributed by atoms with Crippen molar-refractivity contribution in [3.63, 3.8) is 0 Å². The molecule has 0 aliphatic rings. The molecule has 2 aromatic carbocycles. The fraction of sp³-hybridized carbons (Fsp3) is 0.194. The molecular weight excluding hydrogens is 669 g/mol. The minimum absolute atomic E-state index is 0. The van der Waals surface area contributed by atoms with Crippen LogP contribution in [-0.2, 0) is 26.5 Å².